The number of carbonyl (C=O) groups is 2. The lowest BCUT2D eigenvalue weighted by atomic mass is 9.99. The third-order valence-corrected chi connectivity index (χ3v) is 5.96. The van der Waals surface area contributed by atoms with E-state index < -0.39 is 12.0 Å². The number of thiophene rings is 1. The molecule has 0 saturated carbocycles. The normalized spacial score (nSPS) is 11.2. The number of benzene rings is 2. The zero-order valence-electron chi connectivity index (χ0n) is 19.8. The molecule has 0 spiro atoms. The highest BCUT2D eigenvalue weighted by Crippen LogP contribution is 2.33. The fraction of sp³-hybridized carbons (Fsp3) is 0.296. The Morgan fingerprint density at radius 3 is 2.71 bits per heavy atom. The van der Waals surface area contributed by atoms with E-state index in [4.69, 9.17) is 19.5 Å². The van der Waals surface area contributed by atoms with Crippen molar-refractivity contribution < 1.29 is 23.8 Å². The highest BCUT2D eigenvalue weighted by Gasteiger charge is 2.22. The van der Waals surface area contributed by atoms with Crippen molar-refractivity contribution in [2.75, 3.05) is 13.2 Å². The first-order valence-corrected chi connectivity index (χ1v) is 12.3. The molecule has 35 heavy (non-hydrogen) atoms. The summed E-state index contributed by atoms with van der Waals surface area (Å²) in [5.41, 5.74) is 3.23. The number of esters is 1. The maximum Gasteiger partial charge on any atom is 0.305 e. The summed E-state index contributed by atoms with van der Waals surface area (Å²) in [5, 5.41) is 15.4. The molecule has 3 rings (SSSR count). The molecule has 1 amide bonds. The predicted molar refractivity (Wildman–Crippen MR) is 133 cm³/mol. The standard InChI is InChI=1S/C27H28N2O5S/c1-3-32-26(30)11-10-24(22-7-5-4-6-19(22)2)34-25-16-21(33-17-20-12-15-35-18-20)8-9-23(25)27(31)29-14-13-28/h4-9,12,15-16,18,24H,3,10-11,14,17H2,1-2H3,(H,29,31). The molecule has 0 aliphatic heterocycles. The number of aryl methyl sites for hydroxylation is 1. The quantitative estimate of drug-likeness (QED) is 0.270. The van der Waals surface area contributed by atoms with Gasteiger partial charge in [-0.05, 0) is 65.9 Å². The molecule has 8 heteroatoms. The lowest BCUT2D eigenvalue weighted by molar-refractivity contribution is -0.143. The Kier molecular flexibility index (Phi) is 9.69. The van der Waals surface area contributed by atoms with Crippen LogP contribution in [0.2, 0.25) is 0 Å². The maximum absolute atomic E-state index is 12.8. The van der Waals surface area contributed by atoms with Gasteiger partial charge in [-0.15, -0.1) is 0 Å². The van der Waals surface area contributed by atoms with Gasteiger partial charge in [-0.25, -0.2) is 0 Å². The minimum atomic E-state index is -0.504. The second kappa shape index (κ2) is 13.2. The molecule has 1 N–H and O–H groups in total. The van der Waals surface area contributed by atoms with E-state index in [1.807, 2.05) is 54.1 Å². The number of rotatable bonds is 12. The summed E-state index contributed by atoms with van der Waals surface area (Å²) >= 11 is 1.59. The van der Waals surface area contributed by atoms with Crippen LogP contribution in [0.5, 0.6) is 11.5 Å². The van der Waals surface area contributed by atoms with E-state index in [-0.39, 0.29) is 24.5 Å². The number of nitrogens with one attached hydrogen (secondary N) is 1. The van der Waals surface area contributed by atoms with E-state index in [1.54, 1.807) is 36.5 Å². The van der Waals surface area contributed by atoms with Gasteiger partial charge in [0.15, 0.2) is 0 Å². The first-order valence-electron chi connectivity index (χ1n) is 11.3. The van der Waals surface area contributed by atoms with Crippen LogP contribution in [0.1, 0.15) is 52.9 Å². The van der Waals surface area contributed by atoms with Gasteiger partial charge in [-0.2, -0.15) is 16.6 Å². The molecule has 7 nitrogen and oxygen atoms in total. The van der Waals surface area contributed by atoms with E-state index in [2.05, 4.69) is 5.32 Å². The molecular weight excluding hydrogens is 464 g/mol. The number of hydrogen-bond acceptors (Lipinski definition) is 7. The SMILES string of the molecule is CCOC(=O)CCC(Oc1cc(OCc2ccsc2)ccc1C(=O)NCC#N)c1ccccc1C. The van der Waals surface area contributed by atoms with Gasteiger partial charge in [0.2, 0.25) is 0 Å². The zero-order valence-corrected chi connectivity index (χ0v) is 20.6. The summed E-state index contributed by atoms with van der Waals surface area (Å²) in [6.45, 7) is 4.30. The van der Waals surface area contributed by atoms with Crippen molar-refractivity contribution in [3.8, 4) is 17.6 Å². The maximum atomic E-state index is 12.8. The van der Waals surface area contributed by atoms with Crippen LogP contribution in [0, 0.1) is 18.3 Å². The van der Waals surface area contributed by atoms with Crippen molar-refractivity contribution in [3.63, 3.8) is 0 Å². The number of carbonyl (C=O) groups excluding carboxylic acids is 2. The number of ether oxygens (including phenoxy) is 3. The Morgan fingerprint density at radius 2 is 2.00 bits per heavy atom. The average molecular weight is 493 g/mol. The molecule has 0 aliphatic carbocycles. The van der Waals surface area contributed by atoms with Crippen LogP contribution in [0.4, 0.5) is 0 Å². The minimum Gasteiger partial charge on any atom is -0.489 e. The Labute approximate surface area is 209 Å². The van der Waals surface area contributed by atoms with E-state index in [0.717, 1.165) is 16.7 Å². The average Bonchev–Trinajstić information content (AvgIpc) is 3.38. The predicted octanol–water partition coefficient (Wildman–Crippen LogP) is 5.35. The van der Waals surface area contributed by atoms with Gasteiger partial charge in [0.1, 0.15) is 30.8 Å². The number of amides is 1. The fourth-order valence-electron chi connectivity index (χ4n) is 3.50. The third-order valence-electron chi connectivity index (χ3n) is 5.23. The lowest BCUT2D eigenvalue weighted by Crippen LogP contribution is -2.24. The minimum absolute atomic E-state index is 0.126. The molecule has 0 aliphatic rings. The van der Waals surface area contributed by atoms with Crippen LogP contribution in [-0.2, 0) is 16.1 Å². The van der Waals surface area contributed by atoms with Gasteiger partial charge < -0.3 is 19.5 Å². The molecule has 1 heterocycles. The van der Waals surface area contributed by atoms with Crippen molar-refractivity contribution in [2.24, 2.45) is 0 Å². The lowest BCUT2D eigenvalue weighted by Gasteiger charge is -2.23. The molecule has 182 valence electrons. The summed E-state index contributed by atoms with van der Waals surface area (Å²) in [6, 6.07) is 16.6. The highest BCUT2D eigenvalue weighted by molar-refractivity contribution is 7.07. The summed E-state index contributed by atoms with van der Waals surface area (Å²) < 4.78 is 17.4. The second-order valence-corrected chi connectivity index (χ2v) is 8.51. The third kappa shape index (κ3) is 7.59. The van der Waals surface area contributed by atoms with E-state index >= 15 is 0 Å². The van der Waals surface area contributed by atoms with Crippen LogP contribution in [-0.4, -0.2) is 25.0 Å². The van der Waals surface area contributed by atoms with E-state index in [1.165, 1.54) is 0 Å². The summed E-state index contributed by atoms with van der Waals surface area (Å²) in [6.07, 6.45) is 0.0235. The smallest absolute Gasteiger partial charge is 0.305 e. The fourth-order valence-corrected chi connectivity index (χ4v) is 4.15. The van der Waals surface area contributed by atoms with Crippen LogP contribution in [0.15, 0.2) is 59.3 Å². The Bertz CT molecular complexity index is 1170. The van der Waals surface area contributed by atoms with Crippen molar-refractivity contribution in [3.05, 3.63) is 81.5 Å². The van der Waals surface area contributed by atoms with Crippen molar-refractivity contribution >= 4 is 23.2 Å². The molecule has 1 unspecified atom stereocenters. The van der Waals surface area contributed by atoms with Crippen LogP contribution in [0.3, 0.4) is 0 Å². The molecule has 0 radical (unpaired) electrons. The van der Waals surface area contributed by atoms with Gasteiger partial charge in [-0.1, -0.05) is 24.3 Å². The molecule has 0 saturated heterocycles. The van der Waals surface area contributed by atoms with Crippen LogP contribution in [0.25, 0.3) is 0 Å². The van der Waals surface area contributed by atoms with Crippen molar-refractivity contribution in [1.82, 2.24) is 5.32 Å². The number of hydrogen-bond donors (Lipinski definition) is 1. The Balaban J connectivity index is 1.91. The molecule has 1 atom stereocenters. The topological polar surface area (TPSA) is 97.7 Å². The summed E-state index contributed by atoms with van der Waals surface area (Å²) in [5.74, 6) is 0.103. The van der Waals surface area contributed by atoms with E-state index in [9.17, 15) is 9.59 Å². The first kappa shape index (κ1) is 25.8. The summed E-state index contributed by atoms with van der Waals surface area (Å²) in [4.78, 5) is 24.8. The molecule has 0 bridgehead atoms. The first-order chi connectivity index (χ1) is 17.0. The molecule has 1 aromatic heterocycles. The van der Waals surface area contributed by atoms with Crippen LogP contribution < -0.4 is 14.8 Å². The monoisotopic (exact) mass is 492 g/mol. The molecular formula is C27H28N2O5S. The van der Waals surface area contributed by atoms with Crippen LogP contribution >= 0.6 is 11.3 Å². The van der Waals surface area contributed by atoms with Gasteiger partial charge in [-0.3, -0.25) is 9.59 Å². The molecule has 3 aromatic rings. The number of nitriles is 1. The van der Waals surface area contributed by atoms with Gasteiger partial charge in [0.25, 0.3) is 5.91 Å². The van der Waals surface area contributed by atoms with Gasteiger partial charge >= 0.3 is 5.97 Å². The largest absolute Gasteiger partial charge is 0.489 e. The van der Waals surface area contributed by atoms with Crippen molar-refractivity contribution in [2.45, 2.75) is 39.4 Å². The number of nitrogens with zero attached hydrogens (tertiary/aromatic N) is 1. The summed E-state index contributed by atoms with van der Waals surface area (Å²) in [7, 11) is 0. The van der Waals surface area contributed by atoms with E-state index in [0.29, 0.717) is 31.1 Å². The van der Waals surface area contributed by atoms with Gasteiger partial charge in [0, 0.05) is 12.5 Å². The van der Waals surface area contributed by atoms with Gasteiger partial charge in [0.05, 0.1) is 18.2 Å². The second-order valence-electron chi connectivity index (χ2n) is 7.73. The van der Waals surface area contributed by atoms with Crippen molar-refractivity contribution in [1.29, 1.82) is 5.26 Å². The molecule has 0 fully saturated rings. The zero-order chi connectivity index (χ0) is 25.0. The molecule has 2 aromatic carbocycles. The Morgan fingerprint density at radius 1 is 1.17 bits per heavy atom. The Hall–Kier alpha value is -3.83. The highest BCUT2D eigenvalue weighted by atomic mass is 32.1.